The Kier molecular flexibility index (Phi) is 10.3. The maximum Gasteiger partial charge on any atom is 0.252 e. The fourth-order valence-corrected chi connectivity index (χ4v) is 6.61. The summed E-state index contributed by atoms with van der Waals surface area (Å²) in [6.07, 6.45) is 0. The zero-order chi connectivity index (χ0) is 35.0. The van der Waals surface area contributed by atoms with Crippen molar-refractivity contribution in [3.63, 3.8) is 0 Å². The topological polar surface area (TPSA) is 84.0 Å². The average Bonchev–Trinajstić information content (AvgIpc) is 3.10. The van der Waals surface area contributed by atoms with Gasteiger partial charge in [0, 0.05) is 35.0 Å². The molecule has 0 saturated heterocycles. The first-order valence-electron chi connectivity index (χ1n) is 15.0. The first-order chi connectivity index (χ1) is 23.3. The molecule has 0 fully saturated rings. The maximum absolute atomic E-state index is 13.7. The van der Waals surface area contributed by atoms with Crippen LogP contribution in [0.2, 0.25) is 30.1 Å². The standard InChI is InChI=1S/C37H26Cl6N4O2/c1-37(2,17-44-35(48)23-15-29(46-27-9-5-3-7-19(23)27)21-11-13-25(38)33(42)31(21)40)18-45-36(49)24-16-30(47-28-10-6-4-8-20(24)28)22-12-14-26(39)34(43)32(22)41/h3-16H,17-18H2,1-2H3,(H,44,48)(H,45,49). The van der Waals surface area contributed by atoms with Crippen LogP contribution in [-0.4, -0.2) is 34.9 Å². The highest BCUT2D eigenvalue weighted by Gasteiger charge is 2.24. The molecule has 0 aliphatic heterocycles. The Labute approximate surface area is 312 Å². The van der Waals surface area contributed by atoms with E-state index in [4.69, 9.17) is 79.6 Å². The van der Waals surface area contributed by atoms with E-state index >= 15 is 0 Å². The van der Waals surface area contributed by atoms with E-state index < -0.39 is 5.41 Å². The molecular weight excluding hydrogens is 745 g/mol. The third-order valence-corrected chi connectivity index (χ3v) is 10.6. The third kappa shape index (κ3) is 7.32. The summed E-state index contributed by atoms with van der Waals surface area (Å²) in [4.78, 5) is 36.9. The summed E-state index contributed by atoms with van der Waals surface area (Å²) < 4.78 is 0. The number of nitrogens with zero attached hydrogens (tertiary/aromatic N) is 2. The number of fused-ring (bicyclic) bond motifs is 2. The van der Waals surface area contributed by atoms with Gasteiger partial charge in [0.2, 0.25) is 0 Å². The van der Waals surface area contributed by atoms with E-state index in [-0.39, 0.29) is 45.0 Å². The smallest absolute Gasteiger partial charge is 0.252 e. The molecule has 6 rings (SSSR count). The monoisotopic (exact) mass is 768 g/mol. The van der Waals surface area contributed by atoms with Crippen LogP contribution in [0, 0.1) is 5.41 Å². The van der Waals surface area contributed by atoms with Crippen LogP contribution in [0.3, 0.4) is 0 Å². The van der Waals surface area contributed by atoms with E-state index in [9.17, 15) is 9.59 Å². The molecule has 12 heteroatoms. The number of carbonyl (C=O) groups is 2. The van der Waals surface area contributed by atoms with Gasteiger partial charge in [-0.2, -0.15) is 0 Å². The van der Waals surface area contributed by atoms with Gasteiger partial charge in [-0.15, -0.1) is 0 Å². The van der Waals surface area contributed by atoms with E-state index in [1.54, 1.807) is 36.4 Å². The summed E-state index contributed by atoms with van der Waals surface area (Å²) in [5.74, 6) is -0.614. The number of nitrogens with one attached hydrogen (secondary N) is 2. The van der Waals surface area contributed by atoms with Gasteiger partial charge in [0.05, 0.1) is 63.7 Å². The fourth-order valence-electron chi connectivity index (χ4n) is 5.34. The van der Waals surface area contributed by atoms with E-state index in [0.717, 1.165) is 0 Å². The second-order valence-electron chi connectivity index (χ2n) is 12.1. The molecule has 0 saturated carbocycles. The van der Waals surface area contributed by atoms with Crippen molar-refractivity contribution in [2.24, 2.45) is 5.41 Å². The normalized spacial score (nSPS) is 11.6. The van der Waals surface area contributed by atoms with Crippen LogP contribution in [0.5, 0.6) is 0 Å². The molecule has 0 atom stereocenters. The maximum atomic E-state index is 13.7. The molecule has 2 heterocycles. The number of benzene rings is 4. The molecule has 0 aliphatic rings. The number of aromatic nitrogens is 2. The Hall–Kier alpha value is -3.62. The van der Waals surface area contributed by atoms with E-state index in [2.05, 4.69) is 10.6 Å². The molecule has 248 valence electrons. The molecule has 2 N–H and O–H groups in total. The quantitative estimate of drug-likeness (QED) is 0.151. The predicted molar refractivity (Wildman–Crippen MR) is 203 cm³/mol. The second-order valence-corrected chi connectivity index (χ2v) is 14.4. The lowest BCUT2D eigenvalue weighted by molar-refractivity contribution is 0.0921. The van der Waals surface area contributed by atoms with Crippen LogP contribution in [0.4, 0.5) is 0 Å². The molecular formula is C37H26Cl6N4O2. The number of pyridine rings is 2. The largest absolute Gasteiger partial charge is 0.351 e. The number of carbonyl (C=O) groups excluding carboxylic acids is 2. The van der Waals surface area contributed by atoms with Gasteiger partial charge in [-0.25, -0.2) is 9.97 Å². The first-order valence-corrected chi connectivity index (χ1v) is 17.2. The van der Waals surface area contributed by atoms with E-state index in [0.29, 0.717) is 65.5 Å². The Morgan fingerprint density at radius 2 is 0.959 bits per heavy atom. The van der Waals surface area contributed by atoms with Gasteiger partial charge in [-0.1, -0.05) is 120 Å². The average molecular weight is 771 g/mol. The fraction of sp³-hybridized carbons (Fsp3) is 0.135. The van der Waals surface area contributed by atoms with Crippen molar-refractivity contribution >= 4 is 103 Å². The molecule has 2 aromatic heterocycles. The van der Waals surface area contributed by atoms with Gasteiger partial charge in [0.1, 0.15) is 0 Å². The lowest BCUT2D eigenvalue weighted by Gasteiger charge is -2.26. The second kappa shape index (κ2) is 14.3. The number of halogens is 6. The van der Waals surface area contributed by atoms with Gasteiger partial charge >= 0.3 is 0 Å². The van der Waals surface area contributed by atoms with Gasteiger partial charge in [-0.3, -0.25) is 9.59 Å². The number of para-hydroxylation sites is 2. The Morgan fingerprint density at radius 3 is 1.37 bits per heavy atom. The summed E-state index contributed by atoms with van der Waals surface area (Å²) >= 11 is 37.9. The van der Waals surface area contributed by atoms with Crippen LogP contribution in [0.15, 0.2) is 84.9 Å². The molecule has 4 aromatic carbocycles. The first kappa shape index (κ1) is 35.2. The van der Waals surface area contributed by atoms with Gasteiger partial charge in [0.25, 0.3) is 11.8 Å². The molecule has 6 aromatic rings. The molecule has 0 spiro atoms. The van der Waals surface area contributed by atoms with Crippen molar-refractivity contribution < 1.29 is 9.59 Å². The molecule has 0 aliphatic carbocycles. The minimum absolute atomic E-state index is 0.208. The molecule has 49 heavy (non-hydrogen) atoms. The van der Waals surface area contributed by atoms with Crippen LogP contribution < -0.4 is 10.6 Å². The summed E-state index contributed by atoms with van der Waals surface area (Å²) in [6, 6.07) is 24.8. The SMILES string of the molecule is CC(C)(CNC(=O)c1cc(-c2ccc(Cl)c(Cl)c2Cl)nc2ccccc12)CNC(=O)c1cc(-c2ccc(Cl)c(Cl)c2Cl)nc2ccccc12. The lowest BCUT2D eigenvalue weighted by Crippen LogP contribution is -2.42. The van der Waals surface area contributed by atoms with Gasteiger partial charge in [0.15, 0.2) is 0 Å². The van der Waals surface area contributed by atoms with Crippen LogP contribution in [0.25, 0.3) is 44.3 Å². The Bertz CT molecular complexity index is 2130. The van der Waals surface area contributed by atoms with E-state index in [1.807, 2.05) is 62.4 Å². The predicted octanol–water partition coefficient (Wildman–Crippen LogP) is 11.2. The summed E-state index contributed by atoms with van der Waals surface area (Å²) in [5.41, 5.74) is 3.57. The van der Waals surface area contributed by atoms with Crippen molar-refractivity contribution in [1.29, 1.82) is 0 Å². The summed E-state index contributed by atoms with van der Waals surface area (Å²) in [5, 5.41) is 8.97. The highest BCUT2D eigenvalue weighted by Crippen LogP contribution is 2.40. The van der Waals surface area contributed by atoms with Gasteiger partial charge in [-0.05, 0) is 53.9 Å². The van der Waals surface area contributed by atoms with Crippen LogP contribution >= 0.6 is 69.6 Å². The van der Waals surface area contributed by atoms with Crippen molar-refractivity contribution in [1.82, 2.24) is 20.6 Å². The van der Waals surface area contributed by atoms with Crippen molar-refractivity contribution in [3.05, 3.63) is 126 Å². The molecule has 0 unspecified atom stereocenters. The van der Waals surface area contributed by atoms with Crippen LogP contribution in [0.1, 0.15) is 34.6 Å². The summed E-state index contributed by atoms with van der Waals surface area (Å²) in [6.45, 7) is 4.41. The minimum Gasteiger partial charge on any atom is -0.351 e. The highest BCUT2D eigenvalue weighted by molar-refractivity contribution is 6.50. The Balaban J connectivity index is 1.22. The molecule has 0 bridgehead atoms. The van der Waals surface area contributed by atoms with Gasteiger partial charge < -0.3 is 10.6 Å². The molecule has 6 nitrogen and oxygen atoms in total. The number of rotatable bonds is 8. The zero-order valence-electron chi connectivity index (χ0n) is 26.0. The summed E-state index contributed by atoms with van der Waals surface area (Å²) in [7, 11) is 0. The number of hydrogen-bond acceptors (Lipinski definition) is 4. The van der Waals surface area contributed by atoms with Crippen molar-refractivity contribution in [3.8, 4) is 22.5 Å². The molecule has 2 amide bonds. The zero-order valence-corrected chi connectivity index (χ0v) is 30.5. The third-order valence-electron chi connectivity index (χ3n) is 8.00. The number of amides is 2. The Morgan fingerprint density at radius 1 is 0.571 bits per heavy atom. The number of hydrogen-bond donors (Lipinski definition) is 2. The van der Waals surface area contributed by atoms with Crippen molar-refractivity contribution in [2.45, 2.75) is 13.8 Å². The highest BCUT2D eigenvalue weighted by atomic mass is 35.5. The van der Waals surface area contributed by atoms with E-state index in [1.165, 1.54) is 0 Å². The molecule has 0 radical (unpaired) electrons. The minimum atomic E-state index is -0.539. The van der Waals surface area contributed by atoms with Crippen molar-refractivity contribution in [2.75, 3.05) is 13.1 Å². The lowest BCUT2D eigenvalue weighted by atomic mass is 9.92. The van der Waals surface area contributed by atoms with Crippen LogP contribution in [-0.2, 0) is 0 Å².